The summed E-state index contributed by atoms with van der Waals surface area (Å²) in [5, 5.41) is 22.5. The molecule has 10 heteroatoms. The molecule has 1 aromatic rings. The SMILES string of the molecule is Cc1ccn([C@@H]2O[C@@](CO)(N=[N+]=[N-])[C@@H](O)[C@@]2(C)F)c(=O)n1. The molecule has 0 amide bonds. The highest BCUT2D eigenvalue weighted by Crippen LogP contribution is 2.46. The third-order valence-electron chi connectivity index (χ3n) is 3.42. The van der Waals surface area contributed by atoms with E-state index in [0.717, 1.165) is 11.5 Å². The first kappa shape index (κ1) is 15.4. The van der Waals surface area contributed by atoms with E-state index in [-0.39, 0.29) is 0 Å². The quantitative estimate of drug-likeness (QED) is 0.466. The van der Waals surface area contributed by atoms with E-state index < -0.39 is 36.0 Å². The number of hydrogen-bond acceptors (Lipinski definition) is 6. The molecule has 2 rings (SSSR count). The van der Waals surface area contributed by atoms with Crippen molar-refractivity contribution in [3.05, 3.63) is 38.9 Å². The first-order chi connectivity index (χ1) is 9.78. The minimum absolute atomic E-state index is 0.429. The highest BCUT2D eigenvalue weighted by Gasteiger charge is 2.63. The maximum Gasteiger partial charge on any atom is 0.349 e. The van der Waals surface area contributed by atoms with Crippen LogP contribution in [-0.2, 0) is 4.74 Å². The molecule has 0 spiro atoms. The van der Waals surface area contributed by atoms with Crippen molar-refractivity contribution in [2.45, 2.75) is 37.6 Å². The largest absolute Gasteiger partial charge is 0.393 e. The van der Waals surface area contributed by atoms with Gasteiger partial charge in [-0.2, -0.15) is 4.98 Å². The van der Waals surface area contributed by atoms with Crippen LogP contribution in [0.2, 0.25) is 0 Å². The van der Waals surface area contributed by atoms with Crippen LogP contribution in [0.3, 0.4) is 0 Å². The van der Waals surface area contributed by atoms with Gasteiger partial charge in [-0.25, -0.2) is 9.18 Å². The Labute approximate surface area is 118 Å². The van der Waals surface area contributed by atoms with Gasteiger partial charge in [-0.15, -0.1) is 0 Å². The van der Waals surface area contributed by atoms with Gasteiger partial charge in [0, 0.05) is 16.8 Å². The Kier molecular flexibility index (Phi) is 3.72. The van der Waals surface area contributed by atoms with Crippen molar-refractivity contribution in [2.75, 3.05) is 6.61 Å². The number of aryl methyl sites for hydroxylation is 1. The van der Waals surface area contributed by atoms with Gasteiger partial charge in [0.2, 0.25) is 5.72 Å². The van der Waals surface area contributed by atoms with Gasteiger partial charge in [-0.3, -0.25) is 4.57 Å². The monoisotopic (exact) mass is 299 g/mol. The number of aliphatic hydroxyl groups is 2. The minimum atomic E-state index is -2.47. The van der Waals surface area contributed by atoms with E-state index in [1.165, 1.54) is 12.3 Å². The zero-order chi connectivity index (χ0) is 15.8. The van der Waals surface area contributed by atoms with Crippen LogP contribution in [0.1, 0.15) is 18.8 Å². The van der Waals surface area contributed by atoms with Gasteiger partial charge in [0.25, 0.3) is 0 Å². The van der Waals surface area contributed by atoms with Crippen LogP contribution in [0.25, 0.3) is 10.4 Å². The lowest BCUT2D eigenvalue weighted by molar-refractivity contribution is -0.125. The van der Waals surface area contributed by atoms with Gasteiger partial charge in [0.05, 0.1) is 6.61 Å². The second kappa shape index (κ2) is 5.08. The summed E-state index contributed by atoms with van der Waals surface area (Å²) >= 11 is 0. The van der Waals surface area contributed by atoms with Crippen LogP contribution >= 0.6 is 0 Å². The molecule has 2 heterocycles. The summed E-state index contributed by atoms with van der Waals surface area (Å²) in [5.74, 6) is 0. The van der Waals surface area contributed by atoms with Gasteiger partial charge in [-0.1, -0.05) is 5.11 Å². The molecular formula is C11H14FN5O4. The maximum absolute atomic E-state index is 14.8. The molecule has 0 bridgehead atoms. The summed E-state index contributed by atoms with van der Waals surface area (Å²) in [6, 6.07) is 1.46. The lowest BCUT2D eigenvalue weighted by atomic mass is 9.95. The third-order valence-corrected chi connectivity index (χ3v) is 3.42. The molecule has 114 valence electrons. The van der Waals surface area contributed by atoms with E-state index in [4.69, 9.17) is 10.3 Å². The Morgan fingerprint density at radius 1 is 1.71 bits per heavy atom. The Balaban J connectivity index is 2.55. The standard InChI is InChI=1S/C11H14FN5O4/c1-6-3-4-17(9(20)14-6)8-10(2,12)7(19)11(5-18,21-8)15-16-13/h3-4,7-8,18-19H,5H2,1-2H3/t7-,8+,10+,11+/m0/s1. The van der Waals surface area contributed by atoms with E-state index in [1.54, 1.807) is 6.92 Å². The molecule has 4 atom stereocenters. The van der Waals surface area contributed by atoms with E-state index in [9.17, 15) is 19.4 Å². The average molecular weight is 299 g/mol. The normalized spacial score (nSPS) is 35.5. The zero-order valence-electron chi connectivity index (χ0n) is 11.3. The Bertz CT molecular complexity index is 656. The number of rotatable bonds is 3. The Morgan fingerprint density at radius 3 is 2.90 bits per heavy atom. The summed E-state index contributed by atoms with van der Waals surface area (Å²) < 4.78 is 20.8. The molecule has 1 aliphatic rings. The van der Waals surface area contributed by atoms with Gasteiger partial charge in [-0.05, 0) is 25.4 Å². The first-order valence-electron chi connectivity index (χ1n) is 6.06. The second-order valence-electron chi connectivity index (χ2n) is 4.98. The molecule has 0 saturated carbocycles. The van der Waals surface area contributed by atoms with Crippen LogP contribution < -0.4 is 5.69 Å². The molecule has 1 aromatic heterocycles. The van der Waals surface area contributed by atoms with Crippen molar-refractivity contribution in [1.29, 1.82) is 0 Å². The molecule has 1 fully saturated rings. The number of aliphatic hydroxyl groups excluding tert-OH is 2. The van der Waals surface area contributed by atoms with Crippen molar-refractivity contribution >= 4 is 0 Å². The fourth-order valence-electron chi connectivity index (χ4n) is 2.26. The molecule has 1 aliphatic heterocycles. The van der Waals surface area contributed by atoms with Crippen LogP contribution in [-0.4, -0.2) is 43.9 Å². The van der Waals surface area contributed by atoms with E-state index in [0.29, 0.717) is 5.69 Å². The van der Waals surface area contributed by atoms with Crippen LogP contribution in [0.5, 0.6) is 0 Å². The number of azide groups is 1. The third kappa shape index (κ3) is 2.28. The topological polar surface area (TPSA) is 133 Å². The number of nitrogens with zero attached hydrogens (tertiary/aromatic N) is 5. The van der Waals surface area contributed by atoms with Crippen molar-refractivity contribution in [2.24, 2.45) is 5.11 Å². The lowest BCUT2D eigenvalue weighted by Crippen LogP contribution is -2.48. The molecule has 9 nitrogen and oxygen atoms in total. The lowest BCUT2D eigenvalue weighted by Gasteiger charge is -2.26. The molecule has 0 aromatic carbocycles. The van der Waals surface area contributed by atoms with Crippen molar-refractivity contribution < 1.29 is 19.3 Å². The Morgan fingerprint density at radius 2 is 2.38 bits per heavy atom. The molecule has 0 aliphatic carbocycles. The second-order valence-corrected chi connectivity index (χ2v) is 4.98. The smallest absolute Gasteiger partial charge is 0.349 e. The van der Waals surface area contributed by atoms with Crippen LogP contribution in [0, 0.1) is 6.92 Å². The summed E-state index contributed by atoms with van der Waals surface area (Å²) in [5.41, 5.74) is 3.48. The van der Waals surface area contributed by atoms with E-state index >= 15 is 0 Å². The van der Waals surface area contributed by atoms with Crippen LogP contribution in [0.4, 0.5) is 4.39 Å². The van der Waals surface area contributed by atoms with Gasteiger partial charge >= 0.3 is 5.69 Å². The molecule has 21 heavy (non-hydrogen) atoms. The van der Waals surface area contributed by atoms with Crippen molar-refractivity contribution in [1.82, 2.24) is 9.55 Å². The summed E-state index contributed by atoms with van der Waals surface area (Å²) in [6.45, 7) is 1.63. The predicted molar refractivity (Wildman–Crippen MR) is 67.8 cm³/mol. The molecule has 1 saturated heterocycles. The summed E-state index contributed by atoms with van der Waals surface area (Å²) in [6.07, 6.45) is -2.29. The number of halogens is 1. The minimum Gasteiger partial charge on any atom is -0.393 e. The van der Waals surface area contributed by atoms with E-state index in [2.05, 4.69) is 15.0 Å². The zero-order valence-corrected chi connectivity index (χ0v) is 11.3. The van der Waals surface area contributed by atoms with Gasteiger partial charge < -0.3 is 14.9 Å². The molecule has 0 radical (unpaired) electrons. The van der Waals surface area contributed by atoms with Crippen molar-refractivity contribution in [3.63, 3.8) is 0 Å². The molecular weight excluding hydrogens is 285 g/mol. The van der Waals surface area contributed by atoms with Crippen LogP contribution in [0.15, 0.2) is 22.2 Å². The maximum atomic E-state index is 14.8. The number of aromatic nitrogens is 2. The number of hydrogen-bond donors (Lipinski definition) is 2. The number of alkyl halides is 1. The highest BCUT2D eigenvalue weighted by molar-refractivity contribution is 5.08. The number of ether oxygens (including phenoxy) is 1. The van der Waals surface area contributed by atoms with Gasteiger partial charge in [0.15, 0.2) is 11.9 Å². The van der Waals surface area contributed by atoms with Gasteiger partial charge in [0.1, 0.15) is 6.10 Å². The highest BCUT2D eigenvalue weighted by atomic mass is 19.1. The summed E-state index contributed by atoms with van der Waals surface area (Å²) in [7, 11) is 0. The molecule has 2 N–H and O–H groups in total. The fourth-order valence-corrected chi connectivity index (χ4v) is 2.26. The average Bonchev–Trinajstić information content (AvgIpc) is 2.61. The van der Waals surface area contributed by atoms with E-state index in [1.807, 2.05) is 0 Å². The summed E-state index contributed by atoms with van der Waals surface area (Å²) in [4.78, 5) is 17.9. The van der Waals surface area contributed by atoms with Crippen molar-refractivity contribution in [3.8, 4) is 0 Å². The molecule has 0 unspecified atom stereocenters. The predicted octanol–water partition coefficient (Wildman–Crippen LogP) is 0.169. The first-order valence-corrected chi connectivity index (χ1v) is 6.06. The Hall–Kier alpha value is -2.00. The fraction of sp³-hybridized carbons (Fsp3) is 0.636.